The topological polar surface area (TPSA) is 49.5 Å². The highest BCUT2D eigenvalue weighted by Gasteiger charge is 2.34. The first-order valence-corrected chi connectivity index (χ1v) is 5.40. The van der Waals surface area contributed by atoms with Crippen molar-refractivity contribution in [3.05, 3.63) is 0 Å². The molecule has 2 fully saturated rings. The third-order valence-electron chi connectivity index (χ3n) is 3.56. The molecule has 2 rings (SSSR count). The van der Waals surface area contributed by atoms with Gasteiger partial charge in [0.05, 0.1) is 0 Å². The average Bonchev–Trinajstić information content (AvgIpc) is 2.06. The minimum Gasteiger partial charge on any atom is -0.396 e. The average molecular weight is 184 g/mol. The van der Waals surface area contributed by atoms with Crippen LogP contribution in [-0.2, 0) is 0 Å². The van der Waals surface area contributed by atoms with Gasteiger partial charge in [-0.1, -0.05) is 0 Å². The van der Waals surface area contributed by atoms with E-state index in [0.717, 1.165) is 18.9 Å². The van der Waals surface area contributed by atoms with Gasteiger partial charge in [0, 0.05) is 18.7 Å². The summed E-state index contributed by atoms with van der Waals surface area (Å²) in [5, 5.41) is 8.91. The number of aliphatic hydroxyl groups is 1. The summed E-state index contributed by atoms with van der Waals surface area (Å²) in [7, 11) is 0. The van der Waals surface area contributed by atoms with Gasteiger partial charge in [0.1, 0.15) is 0 Å². The summed E-state index contributed by atoms with van der Waals surface area (Å²) in [6, 6.07) is 1.19. The lowest BCUT2D eigenvalue weighted by Gasteiger charge is -2.44. The second-order valence-corrected chi connectivity index (χ2v) is 4.55. The van der Waals surface area contributed by atoms with Crippen LogP contribution in [0.3, 0.4) is 0 Å². The Labute approximate surface area is 79.9 Å². The van der Waals surface area contributed by atoms with Crippen LogP contribution in [0.25, 0.3) is 0 Å². The van der Waals surface area contributed by atoms with Gasteiger partial charge in [-0.3, -0.25) is 0 Å². The monoisotopic (exact) mass is 184 g/mol. The molecule has 0 aromatic heterocycles. The molecule has 0 aromatic rings. The van der Waals surface area contributed by atoms with Gasteiger partial charge < -0.3 is 15.7 Å². The van der Waals surface area contributed by atoms with Crippen molar-refractivity contribution in [1.82, 2.24) is 4.90 Å². The van der Waals surface area contributed by atoms with Crippen LogP contribution in [0.15, 0.2) is 0 Å². The maximum absolute atomic E-state index is 8.91. The Morgan fingerprint density at radius 1 is 1.23 bits per heavy atom. The molecule has 3 nitrogen and oxygen atoms in total. The van der Waals surface area contributed by atoms with Gasteiger partial charge in [0.25, 0.3) is 0 Å². The quantitative estimate of drug-likeness (QED) is 0.643. The fourth-order valence-electron chi connectivity index (χ4n) is 2.43. The predicted octanol–water partition coefficient (Wildman–Crippen LogP) is 0.180. The van der Waals surface area contributed by atoms with E-state index < -0.39 is 0 Å². The Kier molecular flexibility index (Phi) is 2.86. The summed E-state index contributed by atoms with van der Waals surface area (Å²) in [6.07, 6.45) is 4.71. The molecule has 1 heterocycles. The van der Waals surface area contributed by atoms with E-state index in [9.17, 15) is 0 Å². The zero-order valence-corrected chi connectivity index (χ0v) is 8.15. The number of rotatable bonds is 2. The molecule has 0 bridgehead atoms. The molecule has 1 saturated carbocycles. The van der Waals surface area contributed by atoms with Crippen LogP contribution >= 0.6 is 0 Å². The molecular formula is C10H20N2O. The fourth-order valence-corrected chi connectivity index (χ4v) is 2.43. The Morgan fingerprint density at radius 2 is 1.85 bits per heavy atom. The molecule has 0 atom stereocenters. The molecule has 0 radical (unpaired) electrons. The highest BCUT2D eigenvalue weighted by atomic mass is 16.3. The smallest absolute Gasteiger partial charge is 0.0460 e. The van der Waals surface area contributed by atoms with Gasteiger partial charge in [-0.25, -0.2) is 0 Å². The van der Waals surface area contributed by atoms with Crippen LogP contribution in [0.1, 0.15) is 25.7 Å². The van der Waals surface area contributed by atoms with Crippen LogP contribution in [0, 0.1) is 5.92 Å². The highest BCUT2D eigenvalue weighted by Crippen LogP contribution is 2.32. The second-order valence-electron chi connectivity index (χ2n) is 4.55. The van der Waals surface area contributed by atoms with E-state index in [-0.39, 0.29) is 0 Å². The molecule has 13 heavy (non-hydrogen) atoms. The number of piperidine rings is 1. The Morgan fingerprint density at radius 3 is 2.38 bits per heavy atom. The standard InChI is InChI=1S/C10H20N2O/c11-9-1-3-12(4-2-9)10-5-8(6-10)7-13/h8-10,13H,1-7,11H2. The predicted molar refractivity (Wildman–Crippen MR) is 52.4 cm³/mol. The minimum atomic E-state index is 0.379. The minimum absolute atomic E-state index is 0.379. The van der Waals surface area contributed by atoms with Crippen LogP contribution < -0.4 is 5.73 Å². The second kappa shape index (κ2) is 3.95. The molecule has 0 aromatic carbocycles. The third-order valence-corrected chi connectivity index (χ3v) is 3.56. The zero-order valence-electron chi connectivity index (χ0n) is 8.15. The first-order valence-electron chi connectivity index (χ1n) is 5.40. The first kappa shape index (κ1) is 9.44. The Bertz CT molecular complexity index is 160. The van der Waals surface area contributed by atoms with E-state index in [0.29, 0.717) is 18.6 Å². The van der Waals surface area contributed by atoms with Crippen LogP contribution in [-0.4, -0.2) is 41.8 Å². The van der Waals surface area contributed by atoms with Gasteiger partial charge in [0.2, 0.25) is 0 Å². The van der Waals surface area contributed by atoms with Crippen molar-refractivity contribution in [3.8, 4) is 0 Å². The van der Waals surface area contributed by atoms with Crippen LogP contribution in [0.5, 0.6) is 0 Å². The van der Waals surface area contributed by atoms with E-state index in [1.54, 1.807) is 0 Å². The van der Waals surface area contributed by atoms with Gasteiger partial charge in [-0.05, 0) is 44.7 Å². The van der Waals surface area contributed by atoms with Crippen molar-refractivity contribution in [3.63, 3.8) is 0 Å². The summed E-state index contributed by atoms with van der Waals surface area (Å²) in [6.45, 7) is 2.72. The lowest BCUT2D eigenvalue weighted by Crippen LogP contribution is -2.50. The van der Waals surface area contributed by atoms with Crippen LogP contribution in [0.2, 0.25) is 0 Å². The fraction of sp³-hybridized carbons (Fsp3) is 1.00. The summed E-state index contributed by atoms with van der Waals surface area (Å²) in [5.41, 5.74) is 5.84. The Balaban J connectivity index is 1.71. The number of hydrogen-bond donors (Lipinski definition) is 2. The first-order chi connectivity index (χ1) is 6.29. The molecule has 1 aliphatic carbocycles. The largest absolute Gasteiger partial charge is 0.396 e. The van der Waals surface area contributed by atoms with Gasteiger partial charge in [-0.2, -0.15) is 0 Å². The molecule has 2 aliphatic rings. The zero-order chi connectivity index (χ0) is 9.26. The van der Waals surface area contributed by atoms with Crippen molar-refractivity contribution in [2.24, 2.45) is 11.7 Å². The van der Waals surface area contributed by atoms with Crippen molar-refractivity contribution in [2.75, 3.05) is 19.7 Å². The number of hydrogen-bond acceptors (Lipinski definition) is 3. The molecule has 0 spiro atoms. The maximum Gasteiger partial charge on any atom is 0.0460 e. The molecule has 1 aliphatic heterocycles. The number of aliphatic hydroxyl groups excluding tert-OH is 1. The lowest BCUT2D eigenvalue weighted by molar-refractivity contribution is 0.0316. The number of nitrogens with zero attached hydrogens (tertiary/aromatic N) is 1. The lowest BCUT2D eigenvalue weighted by atomic mass is 9.79. The summed E-state index contributed by atoms with van der Waals surface area (Å²) < 4.78 is 0. The summed E-state index contributed by atoms with van der Waals surface area (Å²) in [4.78, 5) is 2.55. The van der Waals surface area contributed by atoms with E-state index in [1.807, 2.05) is 0 Å². The highest BCUT2D eigenvalue weighted by molar-refractivity contribution is 4.89. The third kappa shape index (κ3) is 2.03. The molecule has 3 heteroatoms. The SMILES string of the molecule is NC1CCN(C2CC(CO)C2)CC1. The van der Waals surface area contributed by atoms with Crippen molar-refractivity contribution < 1.29 is 5.11 Å². The Hall–Kier alpha value is -0.120. The number of nitrogens with two attached hydrogens (primary N) is 1. The van der Waals surface area contributed by atoms with Crippen molar-refractivity contribution >= 4 is 0 Å². The maximum atomic E-state index is 8.91. The molecule has 1 saturated heterocycles. The van der Waals surface area contributed by atoms with Crippen LogP contribution in [0.4, 0.5) is 0 Å². The van der Waals surface area contributed by atoms with E-state index in [1.165, 1.54) is 25.9 Å². The molecule has 0 unspecified atom stereocenters. The van der Waals surface area contributed by atoms with Crippen molar-refractivity contribution in [1.29, 1.82) is 0 Å². The molecule has 76 valence electrons. The number of likely N-dealkylation sites (tertiary alicyclic amines) is 1. The summed E-state index contributed by atoms with van der Waals surface area (Å²) in [5.74, 6) is 0.584. The normalized spacial score (nSPS) is 37.4. The van der Waals surface area contributed by atoms with E-state index in [4.69, 9.17) is 10.8 Å². The van der Waals surface area contributed by atoms with E-state index >= 15 is 0 Å². The summed E-state index contributed by atoms with van der Waals surface area (Å²) >= 11 is 0. The van der Waals surface area contributed by atoms with Crippen molar-refractivity contribution in [2.45, 2.75) is 37.8 Å². The molecule has 3 N–H and O–H groups in total. The van der Waals surface area contributed by atoms with E-state index in [2.05, 4.69) is 4.90 Å². The van der Waals surface area contributed by atoms with Gasteiger partial charge in [-0.15, -0.1) is 0 Å². The van der Waals surface area contributed by atoms with Gasteiger partial charge >= 0.3 is 0 Å². The van der Waals surface area contributed by atoms with Gasteiger partial charge in [0.15, 0.2) is 0 Å². The molecule has 0 amide bonds. The molecular weight excluding hydrogens is 164 g/mol.